The Morgan fingerprint density at radius 2 is 1.90 bits per heavy atom. The summed E-state index contributed by atoms with van der Waals surface area (Å²) in [5.41, 5.74) is 0.759. The number of alkyl carbamates (subject to hydrolysis) is 1. The first-order valence-corrected chi connectivity index (χ1v) is 7.49. The van der Waals surface area contributed by atoms with Gasteiger partial charge in [-0.25, -0.2) is 4.79 Å². The molecular weight excluding hydrogens is 357 g/mol. The molecule has 21 heavy (non-hydrogen) atoms. The third kappa shape index (κ3) is 7.04. The minimum Gasteiger partial charge on any atom is -0.450 e. The van der Waals surface area contributed by atoms with Crippen molar-refractivity contribution in [1.29, 1.82) is 0 Å². The van der Waals surface area contributed by atoms with Gasteiger partial charge in [0, 0.05) is 5.69 Å². The summed E-state index contributed by atoms with van der Waals surface area (Å²) in [5, 5.41) is 8.18. The molecule has 1 aromatic rings. The van der Waals surface area contributed by atoms with E-state index in [1.54, 1.807) is 6.92 Å². The highest BCUT2D eigenvalue weighted by molar-refractivity contribution is 7.80. The Morgan fingerprint density at radius 3 is 2.43 bits per heavy atom. The summed E-state index contributed by atoms with van der Waals surface area (Å²) >= 11 is 22.5. The number of hydrogen-bond acceptors (Lipinski definition) is 3. The molecule has 116 valence electrons. The Morgan fingerprint density at radius 1 is 1.29 bits per heavy atom. The zero-order valence-corrected chi connectivity index (χ0v) is 14.1. The second-order valence-corrected chi connectivity index (χ2v) is 6.58. The van der Waals surface area contributed by atoms with Crippen molar-refractivity contribution in [2.45, 2.75) is 16.9 Å². The molecule has 0 aliphatic heterocycles. The molecule has 0 heterocycles. The Kier molecular flexibility index (Phi) is 7.31. The summed E-state index contributed by atoms with van der Waals surface area (Å²) in [7, 11) is 0. The van der Waals surface area contributed by atoms with E-state index in [4.69, 9.17) is 51.8 Å². The first-order chi connectivity index (χ1) is 9.82. The van der Waals surface area contributed by atoms with Crippen LogP contribution >= 0.6 is 47.0 Å². The topological polar surface area (TPSA) is 62.4 Å². The van der Waals surface area contributed by atoms with Crippen LogP contribution in [-0.2, 0) is 4.74 Å². The summed E-state index contributed by atoms with van der Waals surface area (Å²) in [6.45, 7) is 1.87. The molecule has 0 radical (unpaired) electrons. The van der Waals surface area contributed by atoms with Crippen LogP contribution < -0.4 is 16.0 Å². The van der Waals surface area contributed by atoms with Crippen LogP contribution in [0, 0.1) is 0 Å². The molecule has 0 spiro atoms. The number of ether oxygens (including phenoxy) is 1. The number of nitrogens with one attached hydrogen (secondary N) is 3. The van der Waals surface area contributed by atoms with Gasteiger partial charge >= 0.3 is 6.09 Å². The molecule has 1 amide bonds. The van der Waals surface area contributed by atoms with Gasteiger partial charge in [-0.2, -0.15) is 0 Å². The molecule has 0 saturated heterocycles. The maximum Gasteiger partial charge on any atom is 0.408 e. The number of halogens is 3. The van der Waals surface area contributed by atoms with Crippen LogP contribution in [0.3, 0.4) is 0 Å². The lowest BCUT2D eigenvalue weighted by Gasteiger charge is -2.27. The van der Waals surface area contributed by atoms with Crippen LogP contribution in [0.15, 0.2) is 30.3 Å². The van der Waals surface area contributed by atoms with Crippen LogP contribution in [0.1, 0.15) is 6.92 Å². The summed E-state index contributed by atoms with van der Waals surface area (Å²) in [4.78, 5) is 11.4. The maximum absolute atomic E-state index is 11.4. The number of benzene rings is 1. The highest BCUT2D eigenvalue weighted by atomic mass is 35.6. The summed E-state index contributed by atoms with van der Waals surface area (Å²) < 4.78 is 2.93. The van der Waals surface area contributed by atoms with Gasteiger partial charge in [0.05, 0.1) is 6.61 Å². The Labute approximate surface area is 143 Å². The number of carbonyl (C=O) groups excluding carboxylic acids is 1. The second kappa shape index (κ2) is 8.48. The molecule has 1 unspecified atom stereocenters. The fourth-order valence-electron chi connectivity index (χ4n) is 1.31. The first kappa shape index (κ1) is 18.1. The Hall–Kier alpha value is -0.950. The van der Waals surface area contributed by atoms with Crippen molar-refractivity contribution in [3.8, 4) is 0 Å². The van der Waals surface area contributed by atoms with Crippen LogP contribution in [0.4, 0.5) is 10.5 Å². The number of thiocarbonyl (C=S) groups is 1. The molecule has 1 aromatic carbocycles. The first-order valence-electron chi connectivity index (χ1n) is 5.95. The van der Waals surface area contributed by atoms with Gasteiger partial charge in [-0.3, -0.25) is 5.32 Å². The van der Waals surface area contributed by atoms with Crippen LogP contribution in [0.5, 0.6) is 0 Å². The molecule has 5 nitrogen and oxygen atoms in total. The predicted molar refractivity (Wildman–Crippen MR) is 90.0 cm³/mol. The number of alkyl halides is 3. The second-order valence-electron chi connectivity index (χ2n) is 3.80. The van der Waals surface area contributed by atoms with E-state index in [1.165, 1.54) is 0 Å². The van der Waals surface area contributed by atoms with Crippen molar-refractivity contribution in [2.75, 3.05) is 11.9 Å². The average molecular weight is 371 g/mol. The van der Waals surface area contributed by atoms with E-state index < -0.39 is 16.1 Å². The van der Waals surface area contributed by atoms with Crippen LogP contribution in [0.2, 0.25) is 0 Å². The SMILES string of the molecule is CCOC(=O)NC(NC(=S)Nc1ccccc1)C(Cl)(Cl)Cl. The highest BCUT2D eigenvalue weighted by Gasteiger charge is 2.35. The van der Waals surface area contributed by atoms with Gasteiger partial charge in [0.2, 0.25) is 3.79 Å². The van der Waals surface area contributed by atoms with Gasteiger partial charge in [-0.05, 0) is 31.3 Å². The summed E-state index contributed by atoms with van der Waals surface area (Å²) in [6.07, 6.45) is -1.77. The average Bonchev–Trinajstić information content (AvgIpc) is 2.38. The molecule has 0 bridgehead atoms. The molecule has 1 atom stereocenters. The highest BCUT2D eigenvalue weighted by Crippen LogP contribution is 2.29. The molecular formula is C12H14Cl3N3O2S. The Balaban J connectivity index is 2.64. The zero-order chi connectivity index (χ0) is 15.9. The van der Waals surface area contributed by atoms with Crippen molar-refractivity contribution in [2.24, 2.45) is 0 Å². The van der Waals surface area contributed by atoms with E-state index in [-0.39, 0.29) is 11.7 Å². The van der Waals surface area contributed by atoms with E-state index in [0.29, 0.717) is 0 Å². The molecule has 0 aliphatic carbocycles. The smallest absolute Gasteiger partial charge is 0.408 e. The normalized spacial score (nSPS) is 12.2. The van der Waals surface area contributed by atoms with Gasteiger partial charge in [0.15, 0.2) is 11.3 Å². The van der Waals surface area contributed by atoms with Crippen molar-refractivity contribution in [3.05, 3.63) is 30.3 Å². The third-order valence-electron chi connectivity index (χ3n) is 2.17. The van der Waals surface area contributed by atoms with Gasteiger partial charge in [0.1, 0.15) is 0 Å². The lowest BCUT2D eigenvalue weighted by atomic mass is 10.3. The fourth-order valence-corrected chi connectivity index (χ4v) is 1.87. The molecule has 3 N–H and O–H groups in total. The zero-order valence-electron chi connectivity index (χ0n) is 11.0. The molecule has 9 heteroatoms. The molecule has 0 saturated carbocycles. The van der Waals surface area contributed by atoms with E-state index in [1.807, 2.05) is 30.3 Å². The Bertz CT molecular complexity index is 482. The van der Waals surface area contributed by atoms with E-state index >= 15 is 0 Å². The van der Waals surface area contributed by atoms with Gasteiger partial charge in [-0.15, -0.1) is 0 Å². The molecule has 1 rings (SSSR count). The van der Waals surface area contributed by atoms with Crippen LogP contribution in [-0.4, -0.2) is 27.8 Å². The summed E-state index contributed by atoms with van der Waals surface area (Å²) in [5.74, 6) is 0. The lowest BCUT2D eigenvalue weighted by Crippen LogP contribution is -2.56. The minimum absolute atomic E-state index is 0.189. The monoisotopic (exact) mass is 369 g/mol. The van der Waals surface area contributed by atoms with Crippen molar-refractivity contribution < 1.29 is 9.53 Å². The van der Waals surface area contributed by atoms with Crippen molar-refractivity contribution >= 4 is 63.9 Å². The van der Waals surface area contributed by atoms with Crippen molar-refractivity contribution in [3.63, 3.8) is 0 Å². The van der Waals surface area contributed by atoms with E-state index in [9.17, 15) is 4.79 Å². The van der Waals surface area contributed by atoms with Crippen molar-refractivity contribution in [1.82, 2.24) is 10.6 Å². The molecule has 0 aliphatic rings. The number of hydrogen-bond donors (Lipinski definition) is 3. The van der Waals surface area contributed by atoms with E-state index in [0.717, 1.165) is 5.69 Å². The largest absolute Gasteiger partial charge is 0.450 e. The predicted octanol–water partition coefficient (Wildman–Crippen LogP) is 3.42. The fraction of sp³-hybridized carbons (Fsp3) is 0.333. The number of amides is 1. The standard InChI is InChI=1S/C12H14Cl3N3O2S/c1-2-20-11(19)18-9(12(13,14)15)17-10(21)16-8-6-4-3-5-7-8/h3-7,9H,2H2,1H3,(H,18,19)(H2,16,17,21). The summed E-state index contributed by atoms with van der Waals surface area (Å²) in [6, 6.07) is 9.19. The van der Waals surface area contributed by atoms with Crippen LogP contribution in [0.25, 0.3) is 0 Å². The third-order valence-corrected chi connectivity index (χ3v) is 3.05. The van der Waals surface area contributed by atoms with Gasteiger partial charge in [0.25, 0.3) is 0 Å². The molecule has 0 fully saturated rings. The number of para-hydroxylation sites is 1. The maximum atomic E-state index is 11.4. The van der Waals surface area contributed by atoms with E-state index in [2.05, 4.69) is 16.0 Å². The van der Waals surface area contributed by atoms with Gasteiger partial charge in [-0.1, -0.05) is 53.0 Å². The van der Waals surface area contributed by atoms with Gasteiger partial charge < -0.3 is 15.4 Å². The number of anilines is 1. The minimum atomic E-state index is -1.81. The molecule has 0 aromatic heterocycles. The number of carbonyl (C=O) groups is 1. The quantitative estimate of drug-likeness (QED) is 0.431. The lowest BCUT2D eigenvalue weighted by molar-refractivity contribution is 0.147. The number of rotatable bonds is 4.